The second-order valence-electron chi connectivity index (χ2n) is 6.37. The van der Waals surface area contributed by atoms with Crippen molar-refractivity contribution in [3.8, 4) is 21.9 Å². The molecule has 6 heteroatoms. The number of nitrogens with one attached hydrogen (secondary N) is 1. The molecule has 0 spiro atoms. The zero-order valence-electron chi connectivity index (χ0n) is 14.3. The van der Waals surface area contributed by atoms with E-state index in [0.717, 1.165) is 52.7 Å². The number of rotatable bonds is 4. The van der Waals surface area contributed by atoms with E-state index in [1.165, 1.54) is 0 Å². The zero-order chi connectivity index (χ0) is 17.2. The van der Waals surface area contributed by atoms with Crippen LogP contribution in [0.1, 0.15) is 22.5 Å². The van der Waals surface area contributed by atoms with E-state index >= 15 is 0 Å². The molecular weight excluding hydrogens is 336 g/mol. The Kier molecular flexibility index (Phi) is 4.63. The maximum Gasteiger partial charge on any atom is 0.264 e. The lowest BCUT2D eigenvalue weighted by Gasteiger charge is -2.23. The second-order valence-corrected chi connectivity index (χ2v) is 7.46. The Morgan fingerprint density at radius 3 is 2.92 bits per heavy atom. The Labute approximate surface area is 151 Å². The highest BCUT2D eigenvalue weighted by Gasteiger charge is 2.29. The highest BCUT2D eigenvalue weighted by molar-refractivity contribution is 7.17. The fourth-order valence-electron chi connectivity index (χ4n) is 3.50. The van der Waals surface area contributed by atoms with Gasteiger partial charge in [-0.15, -0.1) is 11.3 Å². The van der Waals surface area contributed by atoms with E-state index in [0.29, 0.717) is 19.3 Å². The monoisotopic (exact) mass is 358 g/mol. The van der Waals surface area contributed by atoms with Gasteiger partial charge in [0.15, 0.2) is 11.5 Å². The molecule has 4 rings (SSSR count). The van der Waals surface area contributed by atoms with Crippen molar-refractivity contribution in [1.29, 1.82) is 0 Å². The molecule has 1 aromatic heterocycles. The summed E-state index contributed by atoms with van der Waals surface area (Å²) in [6.45, 7) is 2.87. The van der Waals surface area contributed by atoms with Gasteiger partial charge >= 0.3 is 0 Å². The van der Waals surface area contributed by atoms with Gasteiger partial charge in [0.1, 0.15) is 13.2 Å². The summed E-state index contributed by atoms with van der Waals surface area (Å²) in [4.78, 5) is 16.8. The van der Waals surface area contributed by atoms with E-state index in [9.17, 15) is 4.79 Å². The van der Waals surface area contributed by atoms with E-state index in [2.05, 4.69) is 5.32 Å². The summed E-state index contributed by atoms with van der Waals surface area (Å²) in [7, 11) is 1.94. The SMILES string of the molecule is CNCC1CCCN1C(=O)c1ccc(-c2ccc3c(c2)OCCO3)s1. The molecule has 0 saturated carbocycles. The Hall–Kier alpha value is -2.05. The van der Waals surface area contributed by atoms with Crippen LogP contribution in [0, 0.1) is 0 Å². The lowest BCUT2D eigenvalue weighted by molar-refractivity contribution is 0.0742. The number of hydrogen-bond acceptors (Lipinski definition) is 5. The first kappa shape index (κ1) is 16.4. The molecule has 2 aliphatic rings. The van der Waals surface area contributed by atoms with Crippen molar-refractivity contribution in [3.63, 3.8) is 0 Å². The third-order valence-electron chi connectivity index (χ3n) is 4.72. The molecule has 1 unspecified atom stereocenters. The van der Waals surface area contributed by atoms with Crippen LogP contribution in [0.2, 0.25) is 0 Å². The van der Waals surface area contributed by atoms with E-state index in [-0.39, 0.29) is 5.91 Å². The summed E-state index contributed by atoms with van der Waals surface area (Å²) in [5.74, 6) is 1.71. The lowest BCUT2D eigenvalue weighted by atomic mass is 10.1. The molecule has 5 nitrogen and oxygen atoms in total. The summed E-state index contributed by atoms with van der Waals surface area (Å²) in [5, 5.41) is 3.19. The van der Waals surface area contributed by atoms with Gasteiger partial charge in [-0.3, -0.25) is 4.79 Å². The van der Waals surface area contributed by atoms with Gasteiger partial charge in [-0.1, -0.05) is 0 Å². The minimum Gasteiger partial charge on any atom is -0.486 e. The van der Waals surface area contributed by atoms with Crippen molar-refractivity contribution in [2.45, 2.75) is 18.9 Å². The third-order valence-corrected chi connectivity index (χ3v) is 5.84. The largest absolute Gasteiger partial charge is 0.486 e. The zero-order valence-corrected chi connectivity index (χ0v) is 15.1. The summed E-state index contributed by atoms with van der Waals surface area (Å²) < 4.78 is 11.2. The summed E-state index contributed by atoms with van der Waals surface area (Å²) in [6.07, 6.45) is 2.16. The quantitative estimate of drug-likeness (QED) is 0.913. The molecule has 2 aromatic rings. The predicted octanol–water partition coefficient (Wildman–Crippen LogP) is 3.01. The number of nitrogens with zero attached hydrogens (tertiary/aromatic N) is 1. The smallest absolute Gasteiger partial charge is 0.264 e. The molecule has 2 aliphatic heterocycles. The summed E-state index contributed by atoms with van der Waals surface area (Å²) in [6, 6.07) is 10.2. The van der Waals surface area contributed by atoms with Crippen LogP contribution in [0.15, 0.2) is 30.3 Å². The summed E-state index contributed by atoms with van der Waals surface area (Å²) in [5.41, 5.74) is 1.06. The first-order valence-corrected chi connectivity index (χ1v) is 9.53. The van der Waals surface area contributed by atoms with E-state index in [4.69, 9.17) is 9.47 Å². The average Bonchev–Trinajstić information content (AvgIpc) is 3.31. The maximum atomic E-state index is 12.9. The predicted molar refractivity (Wildman–Crippen MR) is 98.7 cm³/mol. The number of likely N-dealkylation sites (N-methyl/N-ethyl adjacent to an activating group) is 1. The Morgan fingerprint density at radius 1 is 1.24 bits per heavy atom. The second kappa shape index (κ2) is 7.06. The first-order chi connectivity index (χ1) is 12.3. The van der Waals surface area contributed by atoms with Gasteiger partial charge < -0.3 is 19.7 Å². The number of fused-ring (bicyclic) bond motifs is 1. The Bertz CT molecular complexity index is 774. The van der Waals surface area contributed by atoms with Crippen molar-refractivity contribution in [1.82, 2.24) is 10.2 Å². The normalized spacial score (nSPS) is 19.2. The van der Waals surface area contributed by atoms with Crippen molar-refractivity contribution >= 4 is 17.2 Å². The molecule has 0 radical (unpaired) electrons. The van der Waals surface area contributed by atoms with Crippen LogP contribution < -0.4 is 14.8 Å². The van der Waals surface area contributed by atoms with Crippen molar-refractivity contribution in [2.24, 2.45) is 0 Å². The van der Waals surface area contributed by atoms with Gasteiger partial charge in [0.25, 0.3) is 5.91 Å². The molecule has 0 aliphatic carbocycles. The van der Waals surface area contributed by atoms with E-state index in [1.54, 1.807) is 11.3 Å². The molecule has 1 N–H and O–H groups in total. The standard InChI is InChI=1S/C19H22N2O3S/c1-20-12-14-3-2-8-21(14)19(22)18-7-6-17(25-18)13-4-5-15-16(11-13)24-10-9-23-15/h4-7,11,14,20H,2-3,8-10,12H2,1H3. The van der Waals surface area contributed by atoms with Gasteiger partial charge in [0.2, 0.25) is 0 Å². The Balaban J connectivity index is 1.55. The average molecular weight is 358 g/mol. The van der Waals surface area contributed by atoms with Crippen molar-refractivity contribution in [3.05, 3.63) is 35.2 Å². The van der Waals surface area contributed by atoms with E-state index in [1.807, 2.05) is 42.3 Å². The van der Waals surface area contributed by atoms with Gasteiger partial charge in [0.05, 0.1) is 4.88 Å². The van der Waals surface area contributed by atoms with Crippen molar-refractivity contribution in [2.75, 3.05) is 33.4 Å². The number of hydrogen-bond donors (Lipinski definition) is 1. The molecule has 1 amide bonds. The molecule has 25 heavy (non-hydrogen) atoms. The van der Waals surface area contributed by atoms with Gasteiger partial charge in [-0.2, -0.15) is 0 Å². The van der Waals surface area contributed by atoms with Crippen LogP contribution in [-0.2, 0) is 0 Å². The fourth-order valence-corrected chi connectivity index (χ4v) is 4.46. The van der Waals surface area contributed by atoms with Gasteiger partial charge in [-0.25, -0.2) is 0 Å². The summed E-state index contributed by atoms with van der Waals surface area (Å²) >= 11 is 1.54. The number of benzene rings is 1. The topological polar surface area (TPSA) is 50.8 Å². The van der Waals surface area contributed by atoms with Gasteiger partial charge in [-0.05, 0) is 55.8 Å². The molecule has 132 valence electrons. The minimum atomic E-state index is 0.145. The number of thiophene rings is 1. The van der Waals surface area contributed by atoms with E-state index < -0.39 is 0 Å². The number of carbonyl (C=O) groups is 1. The highest BCUT2D eigenvalue weighted by Crippen LogP contribution is 2.37. The number of carbonyl (C=O) groups excluding carboxylic acids is 1. The molecule has 3 heterocycles. The maximum absolute atomic E-state index is 12.9. The molecule has 1 fully saturated rings. The van der Waals surface area contributed by atoms with Crippen molar-refractivity contribution < 1.29 is 14.3 Å². The minimum absolute atomic E-state index is 0.145. The van der Waals surface area contributed by atoms with Crippen LogP contribution in [0.5, 0.6) is 11.5 Å². The number of likely N-dealkylation sites (tertiary alicyclic amines) is 1. The van der Waals surface area contributed by atoms with Crippen LogP contribution in [-0.4, -0.2) is 50.2 Å². The lowest BCUT2D eigenvalue weighted by Crippen LogP contribution is -2.40. The third kappa shape index (κ3) is 3.24. The van der Waals surface area contributed by atoms with Crippen LogP contribution in [0.25, 0.3) is 10.4 Å². The first-order valence-electron chi connectivity index (χ1n) is 8.71. The van der Waals surface area contributed by atoms with Crippen LogP contribution >= 0.6 is 11.3 Å². The number of ether oxygens (including phenoxy) is 2. The molecule has 1 saturated heterocycles. The van der Waals surface area contributed by atoms with Gasteiger partial charge in [0, 0.05) is 24.0 Å². The highest BCUT2D eigenvalue weighted by atomic mass is 32.1. The molecule has 0 bridgehead atoms. The molecular formula is C19H22N2O3S. The molecule has 1 aromatic carbocycles. The Morgan fingerprint density at radius 2 is 2.08 bits per heavy atom. The van der Waals surface area contributed by atoms with Crippen LogP contribution in [0.3, 0.4) is 0 Å². The van der Waals surface area contributed by atoms with Crippen LogP contribution in [0.4, 0.5) is 0 Å². The fraction of sp³-hybridized carbons (Fsp3) is 0.421. The number of amides is 1. The molecule has 1 atom stereocenters.